The van der Waals surface area contributed by atoms with Gasteiger partial charge in [-0.15, -0.1) is 0 Å². The van der Waals surface area contributed by atoms with Crippen molar-refractivity contribution in [3.8, 4) is 0 Å². The van der Waals surface area contributed by atoms with Gasteiger partial charge in [0.2, 0.25) is 0 Å². The van der Waals surface area contributed by atoms with Crippen LogP contribution in [0.1, 0.15) is 57.3 Å². The summed E-state index contributed by atoms with van der Waals surface area (Å²) >= 11 is 12.6. The van der Waals surface area contributed by atoms with Gasteiger partial charge < -0.3 is 4.90 Å². The van der Waals surface area contributed by atoms with Gasteiger partial charge in [-0.05, 0) is 70.2 Å². The van der Waals surface area contributed by atoms with Crippen molar-refractivity contribution in [3.63, 3.8) is 0 Å². The normalized spacial score (nSPS) is 25.2. The number of anilines is 1. The number of fused-ring (bicyclic) bond motifs is 1. The fourth-order valence-corrected chi connectivity index (χ4v) is 6.28. The molecule has 1 aromatic carbocycles. The highest BCUT2D eigenvalue weighted by atomic mass is 35.5. The van der Waals surface area contributed by atoms with Gasteiger partial charge in [0.1, 0.15) is 11.3 Å². The lowest BCUT2D eigenvalue weighted by Gasteiger charge is -2.43. The van der Waals surface area contributed by atoms with E-state index in [-0.39, 0.29) is 6.04 Å². The number of aromatic nitrogens is 4. The molecule has 1 unspecified atom stereocenters. The van der Waals surface area contributed by atoms with Crippen molar-refractivity contribution in [2.45, 2.75) is 65.1 Å². The maximum Gasteiger partial charge on any atom is 0.179 e. The Labute approximate surface area is 205 Å². The summed E-state index contributed by atoms with van der Waals surface area (Å²) in [4.78, 5) is 15.0. The molecule has 4 heterocycles. The van der Waals surface area contributed by atoms with Crippen LogP contribution in [0.3, 0.4) is 0 Å². The van der Waals surface area contributed by atoms with E-state index in [0.717, 1.165) is 41.3 Å². The lowest BCUT2D eigenvalue weighted by atomic mass is 9.92. The lowest BCUT2D eigenvalue weighted by Crippen LogP contribution is -2.51. The number of benzene rings is 1. The quantitative estimate of drug-likeness (QED) is 0.469. The van der Waals surface area contributed by atoms with Gasteiger partial charge in [0.25, 0.3) is 0 Å². The first-order valence-corrected chi connectivity index (χ1v) is 12.8. The molecular formula is C25H32Cl2N6. The molecule has 0 amide bonds. The molecule has 0 spiro atoms. The molecule has 176 valence electrons. The Kier molecular flexibility index (Phi) is 6.27. The summed E-state index contributed by atoms with van der Waals surface area (Å²) in [5, 5.41) is 6.04. The van der Waals surface area contributed by atoms with Crippen LogP contribution in [0.25, 0.3) is 11.2 Å². The number of hydrogen-bond donors (Lipinski definition) is 0. The molecule has 8 heteroatoms. The van der Waals surface area contributed by atoms with Crippen LogP contribution in [0.5, 0.6) is 0 Å². The van der Waals surface area contributed by atoms with E-state index < -0.39 is 0 Å². The van der Waals surface area contributed by atoms with E-state index in [1.54, 1.807) is 6.07 Å². The van der Waals surface area contributed by atoms with Crippen LogP contribution in [0.2, 0.25) is 10.0 Å². The Morgan fingerprint density at radius 2 is 1.94 bits per heavy atom. The molecule has 33 heavy (non-hydrogen) atoms. The fraction of sp³-hybridized carbons (Fsp3) is 0.560. The molecule has 0 saturated carbocycles. The van der Waals surface area contributed by atoms with Crippen molar-refractivity contribution in [2.75, 3.05) is 24.5 Å². The van der Waals surface area contributed by atoms with Crippen LogP contribution >= 0.6 is 23.2 Å². The zero-order valence-corrected chi connectivity index (χ0v) is 21.3. The zero-order valence-electron chi connectivity index (χ0n) is 19.8. The molecular weight excluding hydrogens is 455 g/mol. The Bertz CT molecular complexity index is 1160. The summed E-state index contributed by atoms with van der Waals surface area (Å²) in [5.74, 6) is 1.52. The van der Waals surface area contributed by atoms with E-state index in [1.807, 2.05) is 29.9 Å². The van der Waals surface area contributed by atoms with Crippen LogP contribution in [-0.4, -0.2) is 56.4 Å². The predicted octanol–water partition coefficient (Wildman–Crippen LogP) is 5.75. The summed E-state index contributed by atoms with van der Waals surface area (Å²) < 4.78 is 1.94. The van der Waals surface area contributed by atoms with Crippen molar-refractivity contribution >= 4 is 40.2 Å². The second-order valence-corrected chi connectivity index (χ2v) is 10.6. The van der Waals surface area contributed by atoms with Crippen LogP contribution in [0.15, 0.2) is 24.4 Å². The first-order valence-electron chi connectivity index (χ1n) is 12.0. The number of hydrogen-bond acceptors (Lipinski definition) is 5. The number of nitrogens with zero attached hydrogens (tertiary/aromatic N) is 6. The second kappa shape index (κ2) is 9.05. The standard InChI is InChI=1S/C25H32Cl2N6/c1-15-14-31(11-9-22(15)32-10-5-6-16(32)2)23-13-28-24-17(3)30-33(25(24)29-23)18(4)20-8-7-19(26)12-21(20)27/h7-8,12-13,15-16,18,22H,5-6,9-11,14H2,1-4H3/t15-,16+,18-,22?/m1/s1. The SMILES string of the molecule is Cc1nn([C@H](C)c2ccc(Cl)cc2Cl)c2nc(N3CCC(N4CCC[C@@H]4C)[C@H](C)C3)cnc12. The van der Waals surface area contributed by atoms with Crippen LogP contribution < -0.4 is 4.90 Å². The topological polar surface area (TPSA) is 50.1 Å². The number of piperidine rings is 1. The molecule has 0 aliphatic carbocycles. The minimum absolute atomic E-state index is 0.0863. The third-order valence-corrected chi connectivity index (χ3v) is 8.12. The number of halogens is 2. The third kappa shape index (κ3) is 4.22. The van der Waals surface area contributed by atoms with E-state index in [1.165, 1.54) is 25.8 Å². The van der Waals surface area contributed by atoms with Crippen molar-refractivity contribution < 1.29 is 0 Å². The van der Waals surface area contributed by atoms with Gasteiger partial charge in [0.05, 0.1) is 17.9 Å². The first kappa shape index (κ1) is 22.9. The average Bonchev–Trinajstić information content (AvgIpc) is 3.36. The largest absolute Gasteiger partial charge is 0.355 e. The Morgan fingerprint density at radius 1 is 1.12 bits per heavy atom. The molecule has 0 N–H and O–H groups in total. The number of likely N-dealkylation sites (tertiary alicyclic amines) is 1. The predicted molar refractivity (Wildman–Crippen MR) is 136 cm³/mol. The van der Waals surface area contributed by atoms with Crippen molar-refractivity contribution in [1.29, 1.82) is 0 Å². The van der Waals surface area contributed by atoms with Gasteiger partial charge in [-0.3, -0.25) is 4.90 Å². The Balaban J connectivity index is 1.43. The molecule has 3 aromatic rings. The Hall–Kier alpha value is -1.89. The molecule has 2 saturated heterocycles. The number of rotatable bonds is 4. The highest BCUT2D eigenvalue weighted by molar-refractivity contribution is 6.35. The summed E-state index contributed by atoms with van der Waals surface area (Å²) in [5.41, 5.74) is 3.47. The van der Waals surface area contributed by atoms with E-state index in [2.05, 4.69) is 30.6 Å². The maximum absolute atomic E-state index is 6.51. The Morgan fingerprint density at radius 3 is 2.64 bits per heavy atom. The molecule has 4 atom stereocenters. The maximum atomic E-state index is 6.51. The van der Waals surface area contributed by atoms with Crippen molar-refractivity contribution in [1.82, 2.24) is 24.6 Å². The van der Waals surface area contributed by atoms with E-state index >= 15 is 0 Å². The first-order chi connectivity index (χ1) is 15.8. The minimum Gasteiger partial charge on any atom is -0.355 e. The smallest absolute Gasteiger partial charge is 0.179 e. The molecule has 2 aliphatic heterocycles. The molecule has 2 fully saturated rings. The molecule has 0 bridgehead atoms. The average molecular weight is 487 g/mol. The van der Waals surface area contributed by atoms with Crippen molar-refractivity contribution in [2.24, 2.45) is 5.92 Å². The van der Waals surface area contributed by atoms with E-state index in [4.69, 9.17) is 38.3 Å². The van der Waals surface area contributed by atoms with Gasteiger partial charge in [-0.25, -0.2) is 14.6 Å². The van der Waals surface area contributed by atoms with Crippen LogP contribution in [0, 0.1) is 12.8 Å². The molecule has 0 radical (unpaired) electrons. The third-order valence-electron chi connectivity index (χ3n) is 7.55. The monoisotopic (exact) mass is 486 g/mol. The molecule has 2 aromatic heterocycles. The summed E-state index contributed by atoms with van der Waals surface area (Å²) in [6.45, 7) is 12.1. The summed E-state index contributed by atoms with van der Waals surface area (Å²) in [6.07, 6.45) is 5.73. The minimum atomic E-state index is -0.0863. The van der Waals surface area contributed by atoms with Gasteiger partial charge in [-0.1, -0.05) is 36.2 Å². The second-order valence-electron chi connectivity index (χ2n) is 9.78. The van der Waals surface area contributed by atoms with Crippen LogP contribution in [-0.2, 0) is 0 Å². The van der Waals surface area contributed by atoms with Gasteiger partial charge in [-0.2, -0.15) is 5.10 Å². The van der Waals surface area contributed by atoms with Gasteiger partial charge in [0.15, 0.2) is 5.65 Å². The van der Waals surface area contributed by atoms with E-state index in [0.29, 0.717) is 28.0 Å². The van der Waals surface area contributed by atoms with Crippen LogP contribution in [0.4, 0.5) is 5.82 Å². The van der Waals surface area contributed by atoms with Gasteiger partial charge >= 0.3 is 0 Å². The summed E-state index contributed by atoms with van der Waals surface area (Å²) in [7, 11) is 0. The van der Waals surface area contributed by atoms with Crippen molar-refractivity contribution in [3.05, 3.63) is 45.7 Å². The highest BCUT2D eigenvalue weighted by Gasteiger charge is 2.35. The highest BCUT2D eigenvalue weighted by Crippen LogP contribution is 2.33. The molecule has 2 aliphatic rings. The summed E-state index contributed by atoms with van der Waals surface area (Å²) in [6, 6.07) is 6.88. The van der Waals surface area contributed by atoms with Gasteiger partial charge in [0, 0.05) is 35.2 Å². The molecule has 5 rings (SSSR count). The van der Waals surface area contributed by atoms with E-state index in [9.17, 15) is 0 Å². The molecule has 6 nitrogen and oxygen atoms in total. The zero-order chi connectivity index (χ0) is 23.3. The fourth-order valence-electron chi connectivity index (χ4n) is 5.72. The lowest BCUT2D eigenvalue weighted by molar-refractivity contribution is 0.122. The number of aryl methyl sites for hydroxylation is 1.